The fourth-order valence-electron chi connectivity index (χ4n) is 1.46. The van der Waals surface area contributed by atoms with Crippen molar-refractivity contribution in [3.8, 4) is 0 Å². The minimum Gasteiger partial charge on any atom is -0.468 e. The number of nitrogens with one attached hydrogen (secondary N) is 1. The third kappa shape index (κ3) is 3.44. The average molecular weight is 286 g/mol. The highest BCUT2D eigenvalue weighted by atomic mass is 35.5. The lowest BCUT2D eigenvalue weighted by molar-refractivity contribution is 0.247. The van der Waals surface area contributed by atoms with Crippen LogP contribution in [0.2, 0.25) is 0 Å². The maximum atomic E-state index is 11.3. The third-order valence-corrected chi connectivity index (χ3v) is 5.00. The monoisotopic (exact) mass is 285 g/mol. The summed E-state index contributed by atoms with van der Waals surface area (Å²) in [5.41, 5.74) is 0. The van der Waals surface area contributed by atoms with Crippen LogP contribution in [0.1, 0.15) is 0 Å². The van der Waals surface area contributed by atoms with Crippen LogP contribution in [-0.4, -0.2) is 55.8 Å². The molecule has 0 unspecified atom stereocenters. The first-order valence-corrected chi connectivity index (χ1v) is 7.52. The molecular formula is C8H12ClNO4S2. The van der Waals surface area contributed by atoms with Crippen molar-refractivity contribution in [2.24, 2.45) is 0 Å². The second kappa shape index (κ2) is 4.64. The van der Waals surface area contributed by atoms with Gasteiger partial charge in [-0.2, -0.15) is 0 Å². The fraction of sp³-hybridized carbons (Fsp3) is 0.875. The van der Waals surface area contributed by atoms with E-state index in [4.69, 9.17) is 33.3 Å². The van der Waals surface area contributed by atoms with E-state index >= 15 is 0 Å². The Labute approximate surface area is 104 Å². The van der Waals surface area contributed by atoms with Gasteiger partial charge in [-0.05, 0) is 12.2 Å². The highest BCUT2D eigenvalue weighted by Crippen LogP contribution is 2.18. The number of rotatable bonds is 3. The van der Waals surface area contributed by atoms with E-state index in [1.807, 2.05) is 0 Å². The van der Waals surface area contributed by atoms with Crippen LogP contribution in [-0.2, 0) is 19.3 Å². The molecule has 8 heteroatoms. The van der Waals surface area contributed by atoms with Gasteiger partial charge in [0.2, 0.25) is 0 Å². The summed E-state index contributed by atoms with van der Waals surface area (Å²) in [5.74, 6) is -0.00876. The van der Waals surface area contributed by atoms with Gasteiger partial charge in [0.1, 0.15) is 12.7 Å². The molecule has 2 heterocycles. The lowest BCUT2D eigenvalue weighted by Gasteiger charge is -2.16. The molecule has 0 amide bonds. The van der Waals surface area contributed by atoms with Gasteiger partial charge in [0.25, 0.3) is 5.17 Å². The van der Waals surface area contributed by atoms with E-state index < -0.39 is 15.2 Å². The lowest BCUT2D eigenvalue weighted by Crippen LogP contribution is -2.41. The predicted octanol–water partition coefficient (Wildman–Crippen LogP) is -0.319. The quantitative estimate of drug-likeness (QED) is 0.436. The minimum atomic E-state index is -3.04. The Balaban J connectivity index is 1.77. The van der Waals surface area contributed by atoms with Crippen molar-refractivity contribution in [3.05, 3.63) is 0 Å². The molecule has 0 aromatic carbocycles. The first kappa shape index (κ1) is 12.3. The van der Waals surface area contributed by atoms with Crippen molar-refractivity contribution < 1.29 is 17.9 Å². The van der Waals surface area contributed by atoms with Gasteiger partial charge < -0.3 is 14.8 Å². The van der Waals surface area contributed by atoms with Crippen LogP contribution in [0.3, 0.4) is 0 Å². The summed E-state index contributed by atoms with van der Waals surface area (Å²) in [6, 6.07) is -0.362. The maximum absolute atomic E-state index is 11.3. The van der Waals surface area contributed by atoms with Crippen molar-refractivity contribution in [3.63, 3.8) is 0 Å². The highest BCUT2D eigenvalue weighted by molar-refractivity contribution is 7.91. The first-order valence-electron chi connectivity index (χ1n) is 4.86. The van der Waals surface area contributed by atoms with Crippen LogP contribution in [0.25, 0.3) is 0 Å². The topological polar surface area (TPSA) is 67.9 Å². The molecule has 3 atom stereocenters. The summed E-state index contributed by atoms with van der Waals surface area (Å²) >= 11 is 10.8. The summed E-state index contributed by atoms with van der Waals surface area (Å²) in [6.45, 7) is 1.09. The average Bonchev–Trinajstić information content (AvgIpc) is 2.92. The van der Waals surface area contributed by atoms with E-state index in [-0.39, 0.29) is 28.8 Å². The van der Waals surface area contributed by atoms with Gasteiger partial charge in [0.15, 0.2) is 9.84 Å². The van der Waals surface area contributed by atoms with Crippen molar-refractivity contribution in [1.29, 1.82) is 0 Å². The first-order chi connectivity index (χ1) is 7.46. The molecule has 2 rings (SSSR count). The standard InChI is InChI=1S/C8H12ClNO4S2/c9-6-3-16(11,12)4-7(6)10-8(15)14-2-5-1-13-5/h5-7H,1-4H2,(H,10,15)/t5-,6-,7-/m0/s1. The molecule has 2 fully saturated rings. The zero-order chi connectivity index (χ0) is 11.8. The Morgan fingerprint density at radius 2 is 2.25 bits per heavy atom. The van der Waals surface area contributed by atoms with Crippen LogP contribution >= 0.6 is 23.8 Å². The Bertz CT molecular complexity index is 381. The molecule has 2 aliphatic rings. The molecule has 2 aliphatic heterocycles. The zero-order valence-electron chi connectivity index (χ0n) is 8.39. The van der Waals surface area contributed by atoms with E-state index in [2.05, 4.69) is 5.32 Å². The second-order valence-corrected chi connectivity index (χ2v) is 6.98. The van der Waals surface area contributed by atoms with E-state index in [0.29, 0.717) is 13.2 Å². The zero-order valence-corrected chi connectivity index (χ0v) is 10.8. The molecule has 0 radical (unpaired) electrons. The Hall–Kier alpha value is -0.110. The third-order valence-electron chi connectivity index (χ3n) is 2.39. The van der Waals surface area contributed by atoms with Gasteiger partial charge in [-0.25, -0.2) is 8.42 Å². The Kier molecular flexibility index (Phi) is 3.58. The van der Waals surface area contributed by atoms with E-state index in [1.165, 1.54) is 0 Å². The summed E-state index contributed by atoms with van der Waals surface area (Å²) in [6.07, 6.45) is 0.124. The maximum Gasteiger partial charge on any atom is 0.257 e. The number of halogens is 1. The summed E-state index contributed by atoms with van der Waals surface area (Å²) in [5, 5.41) is 2.54. The normalized spacial score (nSPS) is 35.7. The predicted molar refractivity (Wildman–Crippen MR) is 63.5 cm³/mol. The summed E-state index contributed by atoms with van der Waals surface area (Å²) in [7, 11) is -3.04. The molecule has 0 bridgehead atoms. The summed E-state index contributed by atoms with van der Waals surface area (Å²) < 4.78 is 32.7. The molecule has 0 aliphatic carbocycles. The number of epoxide rings is 1. The number of hydrogen-bond donors (Lipinski definition) is 1. The number of alkyl halides is 1. The molecule has 0 aromatic rings. The molecule has 5 nitrogen and oxygen atoms in total. The van der Waals surface area contributed by atoms with Gasteiger partial charge in [0, 0.05) is 0 Å². The molecule has 92 valence electrons. The number of ether oxygens (including phenoxy) is 2. The van der Waals surface area contributed by atoms with Gasteiger partial charge >= 0.3 is 0 Å². The Morgan fingerprint density at radius 1 is 1.56 bits per heavy atom. The summed E-state index contributed by atoms with van der Waals surface area (Å²) in [4.78, 5) is 0. The SMILES string of the molecule is O=S1(=O)C[C@H](NC(=S)OC[C@@H]2CO2)[C@@H](Cl)C1. The van der Waals surface area contributed by atoms with Crippen molar-refractivity contribution in [2.75, 3.05) is 24.7 Å². The van der Waals surface area contributed by atoms with Gasteiger partial charge in [0.05, 0.1) is 29.5 Å². The molecule has 0 saturated carbocycles. The van der Waals surface area contributed by atoms with Gasteiger partial charge in [-0.15, -0.1) is 11.6 Å². The van der Waals surface area contributed by atoms with Crippen LogP contribution in [0, 0.1) is 0 Å². The van der Waals surface area contributed by atoms with E-state index in [1.54, 1.807) is 0 Å². The number of sulfone groups is 1. The van der Waals surface area contributed by atoms with Crippen LogP contribution < -0.4 is 5.32 Å². The van der Waals surface area contributed by atoms with Crippen molar-refractivity contribution in [2.45, 2.75) is 17.5 Å². The number of hydrogen-bond acceptors (Lipinski definition) is 5. The smallest absolute Gasteiger partial charge is 0.257 e. The largest absolute Gasteiger partial charge is 0.468 e. The number of thiocarbonyl (C=S) groups is 1. The highest BCUT2D eigenvalue weighted by Gasteiger charge is 2.37. The lowest BCUT2D eigenvalue weighted by atomic mass is 10.3. The van der Waals surface area contributed by atoms with E-state index in [9.17, 15) is 8.42 Å². The second-order valence-electron chi connectivity index (χ2n) is 3.90. The van der Waals surface area contributed by atoms with E-state index in [0.717, 1.165) is 0 Å². The molecule has 2 saturated heterocycles. The molecule has 16 heavy (non-hydrogen) atoms. The van der Waals surface area contributed by atoms with Crippen LogP contribution in [0.15, 0.2) is 0 Å². The molecule has 0 aromatic heterocycles. The van der Waals surface area contributed by atoms with Gasteiger partial charge in [-0.1, -0.05) is 0 Å². The minimum absolute atomic E-state index is 0.00456. The van der Waals surface area contributed by atoms with Gasteiger partial charge in [-0.3, -0.25) is 0 Å². The molecule has 0 spiro atoms. The Morgan fingerprint density at radius 3 is 2.75 bits per heavy atom. The van der Waals surface area contributed by atoms with Crippen LogP contribution in [0.4, 0.5) is 0 Å². The van der Waals surface area contributed by atoms with Crippen molar-refractivity contribution >= 4 is 38.8 Å². The van der Waals surface area contributed by atoms with Crippen molar-refractivity contribution in [1.82, 2.24) is 5.32 Å². The molecular weight excluding hydrogens is 274 g/mol. The molecule has 1 N–H and O–H groups in total. The fourth-order valence-corrected chi connectivity index (χ4v) is 4.23. The van der Waals surface area contributed by atoms with Crippen LogP contribution in [0.5, 0.6) is 0 Å².